The van der Waals surface area contributed by atoms with Gasteiger partial charge in [0.25, 0.3) is 0 Å². The third kappa shape index (κ3) is 2.69. The Kier molecular flexibility index (Phi) is 4.02. The fourth-order valence-electron chi connectivity index (χ4n) is 1.95. The molecule has 1 unspecified atom stereocenters. The summed E-state index contributed by atoms with van der Waals surface area (Å²) < 4.78 is 10.6. The number of para-hydroxylation sites is 1. The first kappa shape index (κ1) is 13.4. The van der Waals surface area contributed by atoms with Crippen LogP contribution in [0.25, 0.3) is 0 Å². The van der Waals surface area contributed by atoms with Crippen molar-refractivity contribution in [2.24, 2.45) is 0 Å². The number of nitrogens with zero attached hydrogens (tertiary/aromatic N) is 1. The van der Waals surface area contributed by atoms with E-state index in [1.54, 1.807) is 26.5 Å². The van der Waals surface area contributed by atoms with Gasteiger partial charge in [0.2, 0.25) is 0 Å². The van der Waals surface area contributed by atoms with Crippen molar-refractivity contribution in [2.45, 2.75) is 13.0 Å². The second kappa shape index (κ2) is 5.71. The lowest BCUT2D eigenvalue weighted by Gasteiger charge is -2.17. The van der Waals surface area contributed by atoms with Crippen LogP contribution in [0.15, 0.2) is 36.5 Å². The standard InChI is InChI=1S/C15H17NO3/c1-10-7-8-11(9-16-10)14(17)12-5-4-6-13(18-2)15(12)19-3/h4-9,14,17H,1-3H3. The molecular formula is C15H17NO3. The number of rotatable bonds is 4. The lowest BCUT2D eigenvalue weighted by Crippen LogP contribution is -2.04. The largest absolute Gasteiger partial charge is 0.493 e. The molecule has 19 heavy (non-hydrogen) atoms. The first-order valence-electron chi connectivity index (χ1n) is 5.99. The van der Waals surface area contributed by atoms with Crippen LogP contribution in [0.3, 0.4) is 0 Å². The van der Waals surface area contributed by atoms with Crippen LogP contribution in [-0.4, -0.2) is 24.3 Å². The maximum absolute atomic E-state index is 10.4. The summed E-state index contributed by atoms with van der Waals surface area (Å²) in [4.78, 5) is 4.19. The van der Waals surface area contributed by atoms with Gasteiger partial charge in [-0.15, -0.1) is 0 Å². The Morgan fingerprint density at radius 3 is 2.47 bits per heavy atom. The van der Waals surface area contributed by atoms with Crippen LogP contribution in [0, 0.1) is 6.92 Å². The van der Waals surface area contributed by atoms with Crippen molar-refractivity contribution in [3.63, 3.8) is 0 Å². The first-order valence-corrected chi connectivity index (χ1v) is 5.99. The smallest absolute Gasteiger partial charge is 0.166 e. The third-order valence-electron chi connectivity index (χ3n) is 2.98. The van der Waals surface area contributed by atoms with E-state index in [1.807, 2.05) is 31.2 Å². The molecule has 1 heterocycles. The Balaban J connectivity index is 2.43. The molecular weight excluding hydrogens is 242 g/mol. The zero-order valence-corrected chi connectivity index (χ0v) is 11.3. The maximum Gasteiger partial charge on any atom is 0.166 e. The van der Waals surface area contributed by atoms with Gasteiger partial charge >= 0.3 is 0 Å². The molecule has 1 aromatic heterocycles. The predicted molar refractivity (Wildman–Crippen MR) is 72.6 cm³/mol. The van der Waals surface area contributed by atoms with Gasteiger partial charge in [0.05, 0.1) is 14.2 Å². The van der Waals surface area contributed by atoms with Gasteiger partial charge in [-0.05, 0) is 19.1 Å². The van der Waals surface area contributed by atoms with E-state index in [1.165, 1.54) is 0 Å². The lowest BCUT2D eigenvalue weighted by molar-refractivity contribution is 0.212. The number of methoxy groups -OCH3 is 2. The summed E-state index contributed by atoms with van der Waals surface area (Å²) in [5.74, 6) is 1.14. The molecule has 2 rings (SSSR count). The van der Waals surface area contributed by atoms with Gasteiger partial charge in [0, 0.05) is 23.0 Å². The van der Waals surface area contributed by atoms with Crippen LogP contribution in [0.4, 0.5) is 0 Å². The molecule has 0 bridgehead atoms. The van der Waals surface area contributed by atoms with Gasteiger partial charge in [-0.2, -0.15) is 0 Å². The Morgan fingerprint density at radius 2 is 1.89 bits per heavy atom. The summed E-state index contributed by atoms with van der Waals surface area (Å²) in [6, 6.07) is 9.15. The molecule has 0 saturated carbocycles. The van der Waals surface area contributed by atoms with Gasteiger partial charge in [-0.3, -0.25) is 4.98 Å². The van der Waals surface area contributed by atoms with Crippen LogP contribution in [0.5, 0.6) is 11.5 Å². The molecule has 0 aliphatic heterocycles. The SMILES string of the molecule is COc1cccc(C(O)c2ccc(C)nc2)c1OC. The Labute approximate surface area is 112 Å². The van der Waals surface area contributed by atoms with E-state index in [0.29, 0.717) is 17.1 Å². The average Bonchev–Trinajstić information content (AvgIpc) is 2.46. The van der Waals surface area contributed by atoms with Crippen molar-refractivity contribution in [3.05, 3.63) is 53.3 Å². The highest BCUT2D eigenvalue weighted by Crippen LogP contribution is 2.36. The van der Waals surface area contributed by atoms with E-state index in [2.05, 4.69) is 4.98 Å². The topological polar surface area (TPSA) is 51.6 Å². The first-order chi connectivity index (χ1) is 9.17. The Hall–Kier alpha value is -2.07. The molecule has 1 aromatic carbocycles. The van der Waals surface area contributed by atoms with E-state index in [-0.39, 0.29) is 0 Å². The highest BCUT2D eigenvalue weighted by atomic mass is 16.5. The van der Waals surface area contributed by atoms with Gasteiger partial charge < -0.3 is 14.6 Å². The second-order valence-corrected chi connectivity index (χ2v) is 4.22. The van der Waals surface area contributed by atoms with Gasteiger partial charge in [0.1, 0.15) is 6.10 Å². The van der Waals surface area contributed by atoms with Crippen molar-refractivity contribution in [3.8, 4) is 11.5 Å². The molecule has 0 aliphatic carbocycles. The fraction of sp³-hybridized carbons (Fsp3) is 0.267. The number of aliphatic hydroxyl groups is 1. The number of benzene rings is 1. The molecule has 0 fully saturated rings. The van der Waals surface area contributed by atoms with Crippen LogP contribution >= 0.6 is 0 Å². The summed E-state index contributed by atoms with van der Waals surface area (Å²) in [7, 11) is 3.13. The van der Waals surface area contributed by atoms with Crippen LogP contribution in [-0.2, 0) is 0 Å². The number of hydrogen-bond acceptors (Lipinski definition) is 4. The van der Waals surface area contributed by atoms with Crippen LogP contribution in [0.1, 0.15) is 22.9 Å². The van der Waals surface area contributed by atoms with E-state index < -0.39 is 6.10 Å². The molecule has 0 amide bonds. The number of hydrogen-bond donors (Lipinski definition) is 1. The molecule has 0 saturated heterocycles. The van der Waals surface area contributed by atoms with Gasteiger partial charge in [-0.25, -0.2) is 0 Å². The lowest BCUT2D eigenvalue weighted by atomic mass is 10.0. The Morgan fingerprint density at radius 1 is 1.11 bits per heavy atom. The van der Waals surface area contributed by atoms with E-state index >= 15 is 0 Å². The predicted octanol–water partition coefficient (Wildman–Crippen LogP) is 2.49. The molecule has 0 radical (unpaired) electrons. The average molecular weight is 259 g/mol. The number of aryl methyl sites for hydroxylation is 1. The van der Waals surface area contributed by atoms with Crippen molar-refractivity contribution in [1.82, 2.24) is 4.98 Å². The quantitative estimate of drug-likeness (QED) is 0.916. The summed E-state index contributed by atoms with van der Waals surface area (Å²) in [6.07, 6.45) is 0.872. The minimum Gasteiger partial charge on any atom is -0.493 e. The molecule has 100 valence electrons. The molecule has 0 spiro atoms. The zero-order chi connectivity index (χ0) is 13.8. The minimum absolute atomic E-state index is 0.540. The van der Waals surface area contributed by atoms with Crippen molar-refractivity contribution in [2.75, 3.05) is 14.2 Å². The fourth-order valence-corrected chi connectivity index (χ4v) is 1.95. The molecule has 1 N–H and O–H groups in total. The molecule has 2 aromatic rings. The van der Waals surface area contributed by atoms with Crippen LogP contribution < -0.4 is 9.47 Å². The monoisotopic (exact) mass is 259 g/mol. The van der Waals surface area contributed by atoms with Gasteiger partial charge in [0.15, 0.2) is 11.5 Å². The summed E-state index contributed by atoms with van der Waals surface area (Å²) in [6.45, 7) is 1.91. The molecule has 0 aliphatic rings. The second-order valence-electron chi connectivity index (χ2n) is 4.22. The van der Waals surface area contributed by atoms with E-state index in [4.69, 9.17) is 9.47 Å². The number of aliphatic hydroxyl groups excluding tert-OH is 1. The van der Waals surface area contributed by atoms with Gasteiger partial charge in [-0.1, -0.05) is 18.2 Å². The molecule has 4 nitrogen and oxygen atoms in total. The Bertz CT molecular complexity index is 552. The zero-order valence-electron chi connectivity index (χ0n) is 11.3. The number of ether oxygens (including phenoxy) is 2. The summed E-state index contributed by atoms with van der Waals surface area (Å²) >= 11 is 0. The van der Waals surface area contributed by atoms with Crippen molar-refractivity contribution >= 4 is 0 Å². The highest BCUT2D eigenvalue weighted by Gasteiger charge is 2.18. The molecule has 1 atom stereocenters. The summed E-state index contributed by atoms with van der Waals surface area (Å²) in [5, 5.41) is 10.4. The highest BCUT2D eigenvalue weighted by molar-refractivity contribution is 5.49. The number of aromatic nitrogens is 1. The number of pyridine rings is 1. The third-order valence-corrected chi connectivity index (χ3v) is 2.98. The van der Waals surface area contributed by atoms with Crippen molar-refractivity contribution in [1.29, 1.82) is 0 Å². The normalized spacial score (nSPS) is 12.0. The van der Waals surface area contributed by atoms with Crippen LogP contribution in [0.2, 0.25) is 0 Å². The maximum atomic E-state index is 10.4. The molecule has 4 heteroatoms. The van der Waals surface area contributed by atoms with E-state index in [0.717, 1.165) is 11.3 Å². The van der Waals surface area contributed by atoms with Crippen molar-refractivity contribution < 1.29 is 14.6 Å². The van der Waals surface area contributed by atoms with E-state index in [9.17, 15) is 5.11 Å². The summed E-state index contributed by atoms with van der Waals surface area (Å²) in [5.41, 5.74) is 2.29. The minimum atomic E-state index is -0.793.